The lowest BCUT2D eigenvalue weighted by Gasteiger charge is -2.23. The van der Waals surface area contributed by atoms with Crippen molar-refractivity contribution in [1.29, 1.82) is 0 Å². The Morgan fingerprint density at radius 3 is 2.83 bits per heavy atom. The summed E-state index contributed by atoms with van der Waals surface area (Å²) in [5.74, 6) is -0.565. The number of carbonyl (C=O) groups is 2. The summed E-state index contributed by atoms with van der Waals surface area (Å²) in [4.78, 5) is 44.1. The van der Waals surface area contributed by atoms with Gasteiger partial charge in [-0.2, -0.15) is 0 Å². The summed E-state index contributed by atoms with van der Waals surface area (Å²) in [6.45, 7) is 0.268. The fourth-order valence-electron chi connectivity index (χ4n) is 3.74. The first-order valence-corrected chi connectivity index (χ1v) is 10.4. The van der Waals surface area contributed by atoms with Gasteiger partial charge < -0.3 is 10.2 Å². The third-order valence-corrected chi connectivity index (χ3v) is 6.13. The Hall–Kier alpha value is -3.53. The van der Waals surface area contributed by atoms with Gasteiger partial charge in [-0.05, 0) is 37.1 Å². The molecule has 9 nitrogen and oxygen atoms in total. The Morgan fingerprint density at radius 1 is 1.17 bits per heavy atom. The second-order valence-corrected chi connectivity index (χ2v) is 8.12. The second kappa shape index (κ2) is 7.38. The number of amides is 2. The number of nitrogens with zero attached hydrogens (tertiary/aromatic N) is 5. The van der Waals surface area contributed by atoms with E-state index in [0.717, 1.165) is 21.3 Å². The predicted molar refractivity (Wildman–Crippen MR) is 112 cm³/mol. The van der Waals surface area contributed by atoms with Gasteiger partial charge in [-0.1, -0.05) is 29.5 Å². The summed E-state index contributed by atoms with van der Waals surface area (Å²) in [5.41, 5.74) is 0.916. The minimum atomic E-state index is -0.586. The van der Waals surface area contributed by atoms with Crippen molar-refractivity contribution in [2.24, 2.45) is 0 Å². The average Bonchev–Trinajstić information content (AvgIpc) is 3.45. The summed E-state index contributed by atoms with van der Waals surface area (Å²) in [6.07, 6.45) is 2.90. The van der Waals surface area contributed by atoms with Crippen molar-refractivity contribution >= 4 is 44.1 Å². The van der Waals surface area contributed by atoms with Gasteiger partial charge in [0.1, 0.15) is 12.6 Å². The molecule has 0 spiro atoms. The van der Waals surface area contributed by atoms with Gasteiger partial charge in [0.25, 0.3) is 0 Å². The number of pyridine rings is 1. The molecule has 5 rings (SSSR count). The highest BCUT2D eigenvalue weighted by Gasteiger charge is 2.34. The van der Waals surface area contributed by atoms with E-state index in [9.17, 15) is 14.4 Å². The summed E-state index contributed by atoms with van der Waals surface area (Å²) >= 11 is 1.40. The topological polar surface area (TPSA) is 102 Å². The summed E-state index contributed by atoms with van der Waals surface area (Å²) in [7, 11) is 0. The number of hydrogen-bond acceptors (Lipinski definition) is 6. The fourth-order valence-corrected chi connectivity index (χ4v) is 4.61. The Bertz CT molecular complexity index is 1290. The van der Waals surface area contributed by atoms with E-state index in [-0.39, 0.29) is 24.0 Å². The van der Waals surface area contributed by atoms with Crippen molar-refractivity contribution in [3.05, 3.63) is 59.1 Å². The van der Waals surface area contributed by atoms with Crippen LogP contribution < -0.4 is 11.0 Å². The first-order valence-electron chi connectivity index (χ1n) is 9.60. The molecule has 0 bridgehead atoms. The van der Waals surface area contributed by atoms with E-state index in [0.29, 0.717) is 23.7 Å². The van der Waals surface area contributed by atoms with Crippen LogP contribution in [0.3, 0.4) is 0 Å². The maximum atomic E-state index is 12.9. The zero-order chi connectivity index (χ0) is 20.7. The minimum Gasteiger partial charge on any atom is -0.329 e. The molecule has 4 heterocycles. The van der Waals surface area contributed by atoms with Crippen molar-refractivity contribution in [3.63, 3.8) is 0 Å². The molecular formula is C20H18N6O3S. The molecule has 30 heavy (non-hydrogen) atoms. The quantitative estimate of drug-likeness (QED) is 0.540. The number of carbonyl (C=O) groups excluding carboxylic acids is 2. The molecule has 10 heteroatoms. The van der Waals surface area contributed by atoms with Crippen molar-refractivity contribution in [2.45, 2.75) is 25.4 Å². The number of benzene rings is 1. The number of para-hydroxylation sites is 1. The van der Waals surface area contributed by atoms with Crippen LogP contribution in [-0.2, 0) is 16.1 Å². The van der Waals surface area contributed by atoms with Crippen LogP contribution in [0, 0.1) is 0 Å². The van der Waals surface area contributed by atoms with Gasteiger partial charge in [0, 0.05) is 12.7 Å². The molecule has 1 aliphatic rings. The molecule has 1 aliphatic heterocycles. The van der Waals surface area contributed by atoms with Gasteiger partial charge in [0.2, 0.25) is 11.8 Å². The van der Waals surface area contributed by atoms with Gasteiger partial charge in [0.05, 0.1) is 10.2 Å². The van der Waals surface area contributed by atoms with Gasteiger partial charge in [0.15, 0.2) is 10.8 Å². The van der Waals surface area contributed by atoms with E-state index in [1.165, 1.54) is 20.6 Å². The van der Waals surface area contributed by atoms with E-state index in [4.69, 9.17) is 0 Å². The normalized spacial score (nSPS) is 16.4. The molecule has 3 aromatic heterocycles. The van der Waals surface area contributed by atoms with E-state index in [1.807, 2.05) is 24.3 Å². The molecule has 1 N–H and O–H groups in total. The van der Waals surface area contributed by atoms with Crippen molar-refractivity contribution in [1.82, 2.24) is 24.1 Å². The van der Waals surface area contributed by atoms with Crippen LogP contribution in [0.1, 0.15) is 12.8 Å². The fraction of sp³-hybridized carbons (Fsp3) is 0.250. The molecule has 2 amide bonds. The second-order valence-electron chi connectivity index (χ2n) is 7.09. The van der Waals surface area contributed by atoms with E-state index >= 15 is 0 Å². The number of rotatable bonds is 4. The number of aromatic nitrogens is 4. The van der Waals surface area contributed by atoms with Crippen LogP contribution >= 0.6 is 11.3 Å². The molecule has 0 radical (unpaired) electrons. The summed E-state index contributed by atoms with van der Waals surface area (Å²) in [6, 6.07) is 12.3. The van der Waals surface area contributed by atoms with Crippen LogP contribution in [0.25, 0.3) is 15.9 Å². The Kier molecular flexibility index (Phi) is 4.55. The Morgan fingerprint density at radius 2 is 2.00 bits per heavy atom. The highest BCUT2D eigenvalue weighted by atomic mass is 32.1. The molecule has 0 saturated carbocycles. The smallest absolute Gasteiger partial charge is 0.329 e. The van der Waals surface area contributed by atoms with Crippen LogP contribution in [0.4, 0.5) is 5.13 Å². The molecule has 1 aromatic carbocycles. The SMILES string of the molecule is O=C(Nc1nc2ccccc2s1)C1CCCN1C(=O)Cn1nc2ccccn2c1=O. The first-order chi connectivity index (χ1) is 14.6. The number of anilines is 1. The van der Waals surface area contributed by atoms with Crippen molar-refractivity contribution in [3.8, 4) is 0 Å². The lowest BCUT2D eigenvalue weighted by atomic mass is 10.2. The Balaban J connectivity index is 1.32. The highest BCUT2D eigenvalue weighted by Crippen LogP contribution is 2.26. The minimum absolute atomic E-state index is 0.203. The van der Waals surface area contributed by atoms with Gasteiger partial charge in [-0.3, -0.25) is 14.0 Å². The molecule has 1 atom stereocenters. The van der Waals surface area contributed by atoms with E-state index in [1.54, 1.807) is 24.4 Å². The van der Waals surface area contributed by atoms with Crippen LogP contribution in [-0.4, -0.2) is 48.5 Å². The number of nitrogens with one attached hydrogen (secondary N) is 1. The van der Waals surface area contributed by atoms with Gasteiger partial charge >= 0.3 is 5.69 Å². The largest absolute Gasteiger partial charge is 0.350 e. The van der Waals surface area contributed by atoms with Crippen molar-refractivity contribution < 1.29 is 9.59 Å². The Labute approximate surface area is 174 Å². The zero-order valence-corrected chi connectivity index (χ0v) is 16.7. The standard InChI is InChI=1S/C20H18N6O3S/c27-17(12-26-20(29)25-10-4-3-9-16(25)23-26)24-11-5-7-14(24)18(28)22-19-21-13-6-1-2-8-15(13)30-19/h1-4,6,8-10,14H,5,7,11-12H2,(H,21,22,28). The highest BCUT2D eigenvalue weighted by molar-refractivity contribution is 7.22. The summed E-state index contributed by atoms with van der Waals surface area (Å²) < 4.78 is 3.51. The lowest BCUT2D eigenvalue weighted by molar-refractivity contribution is -0.137. The molecule has 4 aromatic rings. The van der Waals surface area contributed by atoms with Crippen molar-refractivity contribution in [2.75, 3.05) is 11.9 Å². The molecule has 1 unspecified atom stereocenters. The van der Waals surface area contributed by atoms with Crippen LogP contribution in [0.5, 0.6) is 0 Å². The molecule has 1 fully saturated rings. The lowest BCUT2D eigenvalue weighted by Crippen LogP contribution is -2.45. The van der Waals surface area contributed by atoms with Gasteiger partial charge in [-0.15, -0.1) is 5.10 Å². The monoisotopic (exact) mass is 422 g/mol. The third-order valence-electron chi connectivity index (χ3n) is 5.17. The number of thiazole rings is 1. The zero-order valence-electron chi connectivity index (χ0n) is 15.9. The maximum absolute atomic E-state index is 12.9. The first kappa shape index (κ1) is 18.5. The van der Waals surface area contributed by atoms with Crippen LogP contribution in [0.2, 0.25) is 0 Å². The molecule has 1 saturated heterocycles. The number of hydrogen-bond donors (Lipinski definition) is 1. The third kappa shape index (κ3) is 3.24. The van der Waals surface area contributed by atoms with Gasteiger partial charge in [-0.25, -0.2) is 14.5 Å². The molecular weight excluding hydrogens is 404 g/mol. The number of likely N-dealkylation sites (tertiary alicyclic amines) is 1. The van der Waals surface area contributed by atoms with Crippen LogP contribution in [0.15, 0.2) is 53.5 Å². The summed E-state index contributed by atoms with van der Waals surface area (Å²) in [5, 5.41) is 7.55. The maximum Gasteiger partial charge on any atom is 0.350 e. The van der Waals surface area contributed by atoms with E-state index in [2.05, 4.69) is 15.4 Å². The molecule has 152 valence electrons. The van der Waals surface area contributed by atoms with E-state index < -0.39 is 6.04 Å². The average molecular weight is 422 g/mol. The molecule has 0 aliphatic carbocycles. The number of fused-ring (bicyclic) bond motifs is 2. The predicted octanol–water partition coefficient (Wildman–Crippen LogP) is 1.74.